The minimum Gasteiger partial charge on any atom is -0.286 e. The van der Waals surface area contributed by atoms with Crippen LogP contribution in [0.5, 0.6) is 0 Å². The number of phosphoric acid groups is 1. The number of benzene rings is 1. The zero-order valence-electron chi connectivity index (χ0n) is 14.4. The summed E-state index contributed by atoms with van der Waals surface area (Å²) in [5, 5.41) is 1.28. The number of carbonyl (C=O) groups excluding carboxylic acids is 2. The van der Waals surface area contributed by atoms with Gasteiger partial charge in [-0.05, 0) is 32.9 Å². The zero-order chi connectivity index (χ0) is 18.3. The molecule has 136 valence electrons. The van der Waals surface area contributed by atoms with Gasteiger partial charge in [-0.3, -0.25) is 28.6 Å². The van der Waals surface area contributed by atoms with Crippen LogP contribution in [0.15, 0.2) is 30.3 Å². The topological polar surface area (TPSA) is 94.2 Å². The Morgan fingerprint density at radius 3 is 2.08 bits per heavy atom. The van der Waals surface area contributed by atoms with Crippen molar-refractivity contribution in [1.29, 1.82) is 0 Å². The first-order valence-corrected chi connectivity index (χ1v) is 9.36. The summed E-state index contributed by atoms with van der Waals surface area (Å²) in [7, 11) is -3.50. The second-order valence-electron chi connectivity index (χ2n) is 7.17. The third-order valence-electron chi connectivity index (χ3n) is 4.09. The van der Waals surface area contributed by atoms with Crippen LogP contribution in [0.2, 0.25) is 0 Å². The van der Waals surface area contributed by atoms with Gasteiger partial charge in [0.2, 0.25) is 0 Å². The van der Waals surface area contributed by atoms with Crippen LogP contribution < -0.4 is 5.43 Å². The minimum atomic E-state index is -3.50. The van der Waals surface area contributed by atoms with Crippen LogP contribution in [-0.4, -0.2) is 42.2 Å². The van der Waals surface area contributed by atoms with E-state index in [0.717, 1.165) is 0 Å². The highest BCUT2D eigenvalue weighted by molar-refractivity contribution is 7.48. The van der Waals surface area contributed by atoms with Gasteiger partial charge >= 0.3 is 7.82 Å². The van der Waals surface area contributed by atoms with Gasteiger partial charge in [-0.2, -0.15) is 0 Å². The maximum absolute atomic E-state index is 12.8. The summed E-state index contributed by atoms with van der Waals surface area (Å²) in [4.78, 5) is 25.7. The molecule has 0 saturated carbocycles. The maximum atomic E-state index is 12.8. The van der Waals surface area contributed by atoms with Crippen LogP contribution in [0.1, 0.15) is 31.1 Å². The van der Waals surface area contributed by atoms with E-state index in [1.165, 1.54) is 5.01 Å². The Hall–Kier alpha value is -1.73. The van der Waals surface area contributed by atoms with E-state index in [4.69, 9.17) is 13.6 Å². The summed E-state index contributed by atoms with van der Waals surface area (Å²) in [6.07, 6.45) is 0. The van der Waals surface area contributed by atoms with Crippen molar-refractivity contribution in [1.82, 2.24) is 10.4 Å². The largest absolute Gasteiger partial charge is 0.474 e. The fourth-order valence-electron chi connectivity index (χ4n) is 2.49. The molecule has 3 fully saturated rings. The first-order chi connectivity index (χ1) is 11.7. The Labute approximate surface area is 146 Å². The summed E-state index contributed by atoms with van der Waals surface area (Å²) in [5.74, 6) is -0.810. The van der Waals surface area contributed by atoms with E-state index in [9.17, 15) is 14.2 Å². The Bertz CT molecular complexity index is 699. The number of amides is 2. The summed E-state index contributed by atoms with van der Waals surface area (Å²) < 4.78 is 27.0. The predicted octanol–water partition coefficient (Wildman–Crippen LogP) is 2.13. The van der Waals surface area contributed by atoms with E-state index < -0.39 is 24.7 Å². The van der Waals surface area contributed by atoms with Crippen molar-refractivity contribution in [3.05, 3.63) is 35.9 Å². The number of nitrogens with zero attached hydrogens (tertiary/aromatic N) is 1. The molecule has 25 heavy (non-hydrogen) atoms. The lowest BCUT2D eigenvalue weighted by atomic mass is 9.90. The van der Waals surface area contributed by atoms with E-state index in [-0.39, 0.29) is 25.7 Å². The summed E-state index contributed by atoms with van der Waals surface area (Å²) >= 11 is 0. The quantitative estimate of drug-likeness (QED) is 0.635. The van der Waals surface area contributed by atoms with Crippen LogP contribution in [0.3, 0.4) is 0 Å². The van der Waals surface area contributed by atoms with Crippen molar-refractivity contribution in [2.45, 2.75) is 26.3 Å². The number of rotatable bonds is 2. The van der Waals surface area contributed by atoms with Crippen LogP contribution in [-0.2, 0) is 22.9 Å². The number of hydrogen-bond acceptors (Lipinski definition) is 6. The summed E-state index contributed by atoms with van der Waals surface area (Å²) in [6, 6.07) is 8.68. The van der Waals surface area contributed by atoms with Gasteiger partial charge in [0.15, 0.2) is 0 Å². The molecule has 0 aromatic heterocycles. The molecule has 3 aliphatic rings. The molecule has 1 aromatic rings. The fraction of sp³-hybridized carbons (Fsp3) is 0.500. The second-order valence-corrected chi connectivity index (χ2v) is 8.84. The molecule has 3 saturated heterocycles. The highest BCUT2D eigenvalue weighted by Crippen LogP contribution is 2.60. The lowest BCUT2D eigenvalue weighted by Gasteiger charge is -2.44. The molecule has 1 N–H and O–H groups in total. The lowest BCUT2D eigenvalue weighted by Crippen LogP contribution is -2.62. The highest BCUT2D eigenvalue weighted by Gasteiger charge is 2.55. The number of hydrogen-bond donors (Lipinski definition) is 1. The molecule has 4 rings (SSSR count). The van der Waals surface area contributed by atoms with Crippen LogP contribution >= 0.6 is 7.82 Å². The number of phosphoric ester groups is 1. The first kappa shape index (κ1) is 18.1. The number of carbonyl (C=O) groups is 2. The standard InChI is InChI=1S/C16H21N2O6P/c1-15(2,3)18(13(19)12-7-5-4-6-8-12)17-14(20)16-9-22-25(21,23-10-16)24-11-16/h4-8H,9-11H2,1-3H3,(H,17,20). The Balaban J connectivity index is 1.81. The first-order valence-electron chi connectivity index (χ1n) is 7.90. The van der Waals surface area contributed by atoms with Crippen molar-refractivity contribution in [2.75, 3.05) is 19.8 Å². The Kier molecular flexibility index (Phi) is 4.49. The third kappa shape index (κ3) is 3.48. The molecule has 0 unspecified atom stereocenters. The van der Waals surface area contributed by atoms with Gasteiger partial charge < -0.3 is 0 Å². The van der Waals surface area contributed by atoms with Gasteiger partial charge in [-0.1, -0.05) is 18.2 Å². The fourth-order valence-corrected chi connectivity index (χ4v) is 3.93. The van der Waals surface area contributed by atoms with E-state index in [1.54, 1.807) is 24.3 Å². The SMILES string of the molecule is CC(C)(C)N(NC(=O)C12COP(=O)(OC1)OC2)C(=O)c1ccccc1. The number of nitrogens with one attached hydrogen (secondary N) is 1. The number of fused-ring (bicyclic) bond motifs is 3. The summed E-state index contributed by atoms with van der Waals surface area (Å²) in [6.45, 7) is 5.20. The average molecular weight is 368 g/mol. The van der Waals surface area contributed by atoms with Crippen molar-refractivity contribution in [2.24, 2.45) is 5.41 Å². The molecule has 0 spiro atoms. The van der Waals surface area contributed by atoms with Gasteiger partial charge in [-0.15, -0.1) is 0 Å². The average Bonchev–Trinajstić information content (AvgIpc) is 2.59. The van der Waals surface area contributed by atoms with Crippen molar-refractivity contribution >= 4 is 19.6 Å². The van der Waals surface area contributed by atoms with Gasteiger partial charge in [0, 0.05) is 5.56 Å². The van der Waals surface area contributed by atoms with Gasteiger partial charge in [0.05, 0.1) is 25.4 Å². The smallest absolute Gasteiger partial charge is 0.286 e. The van der Waals surface area contributed by atoms with Gasteiger partial charge in [0.25, 0.3) is 11.8 Å². The highest BCUT2D eigenvalue weighted by atomic mass is 31.2. The van der Waals surface area contributed by atoms with E-state index in [2.05, 4.69) is 5.43 Å². The molecule has 0 radical (unpaired) electrons. The van der Waals surface area contributed by atoms with Crippen molar-refractivity contribution in [3.63, 3.8) is 0 Å². The molecule has 0 atom stereocenters. The van der Waals surface area contributed by atoms with E-state index in [1.807, 2.05) is 26.8 Å². The third-order valence-corrected chi connectivity index (χ3v) is 5.42. The molecule has 9 heteroatoms. The van der Waals surface area contributed by atoms with Gasteiger partial charge in [0.1, 0.15) is 5.41 Å². The molecule has 3 heterocycles. The van der Waals surface area contributed by atoms with Gasteiger partial charge in [-0.25, -0.2) is 9.57 Å². The second kappa shape index (κ2) is 6.21. The molecular weight excluding hydrogens is 347 g/mol. The van der Waals surface area contributed by atoms with E-state index >= 15 is 0 Å². The molecule has 2 amide bonds. The molecular formula is C16H21N2O6P. The maximum Gasteiger partial charge on any atom is 0.474 e. The van der Waals surface area contributed by atoms with E-state index in [0.29, 0.717) is 5.56 Å². The lowest BCUT2D eigenvalue weighted by molar-refractivity contribution is -0.158. The minimum absolute atomic E-state index is 0.0758. The molecule has 1 aromatic carbocycles. The van der Waals surface area contributed by atoms with Crippen molar-refractivity contribution in [3.8, 4) is 0 Å². The zero-order valence-corrected chi connectivity index (χ0v) is 15.2. The van der Waals surface area contributed by atoms with Crippen LogP contribution in [0, 0.1) is 5.41 Å². The van der Waals surface area contributed by atoms with Crippen LogP contribution in [0.25, 0.3) is 0 Å². The predicted molar refractivity (Wildman–Crippen MR) is 88.4 cm³/mol. The van der Waals surface area contributed by atoms with Crippen LogP contribution in [0.4, 0.5) is 0 Å². The van der Waals surface area contributed by atoms with Crippen molar-refractivity contribution < 1.29 is 27.7 Å². The number of hydrazine groups is 1. The summed E-state index contributed by atoms with van der Waals surface area (Å²) in [5.41, 5.74) is 1.32. The Morgan fingerprint density at radius 2 is 1.60 bits per heavy atom. The normalized spacial score (nSPS) is 28.4. The molecule has 8 nitrogen and oxygen atoms in total. The Morgan fingerprint density at radius 1 is 1.08 bits per heavy atom. The molecule has 0 aliphatic carbocycles. The monoisotopic (exact) mass is 368 g/mol. The molecule has 3 aliphatic heterocycles. The molecule has 2 bridgehead atoms.